The zero-order valence-corrected chi connectivity index (χ0v) is 17.4. The number of carbonyl (C=O) groups is 1. The highest BCUT2D eigenvalue weighted by Crippen LogP contribution is 2.28. The zero-order chi connectivity index (χ0) is 20.0. The second-order valence-corrected chi connectivity index (χ2v) is 7.83. The molecule has 1 atom stereocenters. The highest BCUT2D eigenvalue weighted by molar-refractivity contribution is 7.80. The number of rotatable bonds is 6. The number of hydrogen-bond acceptors (Lipinski definition) is 3. The fourth-order valence-electron chi connectivity index (χ4n) is 3.31. The third-order valence-corrected chi connectivity index (χ3v) is 4.96. The van der Waals surface area contributed by atoms with Crippen LogP contribution >= 0.6 is 12.2 Å². The molecule has 0 aliphatic rings. The van der Waals surface area contributed by atoms with Gasteiger partial charge in [0.25, 0.3) is 0 Å². The Kier molecular flexibility index (Phi) is 6.97. The average Bonchev–Trinajstić information content (AvgIpc) is 2.63. The number of methoxy groups -OCH3 is 1. The molecule has 0 amide bonds. The molecule has 2 rings (SSSR count). The molecule has 2 aromatic carbocycles. The molecular weight excluding hydrogens is 356 g/mol. The highest BCUT2D eigenvalue weighted by atomic mass is 32.1. The van der Waals surface area contributed by atoms with Crippen LogP contribution in [0.15, 0.2) is 48.5 Å². The first kappa shape index (κ1) is 20.9. The smallest absolute Gasteiger partial charge is 0.338 e. The number of esters is 1. The van der Waals surface area contributed by atoms with Crippen molar-refractivity contribution in [3.05, 3.63) is 65.2 Å². The van der Waals surface area contributed by atoms with E-state index in [1.54, 1.807) is 6.07 Å². The molecule has 0 aliphatic heterocycles. The summed E-state index contributed by atoms with van der Waals surface area (Å²) >= 11 is 5.48. The van der Waals surface area contributed by atoms with Gasteiger partial charge in [-0.15, -0.1) is 0 Å². The van der Waals surface area contributed by atoms with E-state index in [-0.39, 0.29) is 17.4 Å². The average molecular weight is 385 g/mol. The van der Waals surface area contributed by atoms with E-state index in [1.165, 1.54) is 12.7 Å². The SMILES string of the molecule is COC(=O)c1cccc(NC(=S)N[C@H](C)CC(C)(C)c2ccccc2)c1C. The van der Waals surface area contributed by atoms with E-state index < -0.39 is 0 Å². The number of anilines is 1. The standard InChI is InChI=1S/C22H28N2O2S/c1-15(14-22(3,4)17-10-7-6-8-11-17)23-21(27)24-19-13-9-12-18(16(19)2)20(25)26-5/h6-13,15H,14H2,1-5H3,(H2,23,24,27)/t15-/m1/s1. The topological polar surface area (TPSA) is 50.4 Å². The molecule has 0 saturated carbocycles. The molecule has 5 heteroatoms. The molecule has 0 unspecified atom stereocenters. The van der Waals surface area contributed by atoms with E-state index in [0.717, 1.165) is 17.7 Å². The van der Waals surface area contributed by atoms with Crippen LogP contribution in [-0.4, -0.2) is 24.2 Å². The van der Waals surface area contributed by atoms with Crippen molar-refractivity contribution in [2.24, 2.45) is 0 Å². The number of benzene rings is 2. The van der Waals surface area contributed by atoms with Crippen molar-refractivity contribution in [1.29, 1.82) is 0 Å². The van der Waals surface area contributed by atoms with Crippen molar-refractivity contribution < 1.29 is 9.53 Å². The monoisotopic (exact) mass is 384 g/mol. The van der Waals surface area contributed by atoms with Gasteiger partial charge in [0.2, 0.25) is 0 Å². The summed E-state index contributed by atoms with van der Waals surface area (Å²) in [6, 6.07) is 16.1. The minimum absolute atomic E-state index is 0.0318. The van der Waals surface area contributed by atoms with Crippen LogP contribution in [0.1, 0.15) is 48.7 Å². The number of ether oxygens (including phenoxy) is 1. The minimum atomic E-state index is -0.354. The van der Waals surface area contributed by atoms with E-state index in [0.29, 0.717) is 10.7 Å². The van der Waals surface area contributed by atoms with Gasteiger partial charge in [0.1, 0.15) is 0 Å². The van der Waals surface area contributed by atoms with E-state index in [2.05, 4.69) is 55.7 Å². The molecule has 0 bridgehead atoms. The maximum atomic E-state index is 11.8. The van der Waals surface area contributed by atoms with E-state index >= 15 is 0 Å². The Morgan fingerprint density at radius 2 is 1.81 bits per heavy atom. The molecule has 27 heavy (non-hydrogen) atoms. The number of thiocarbonyl (C=S) groups is 1. The van der Waals surface area contributed by atoms with Crippen LogP contribution in [0.2, 0.25) is 0 Å². The Bertz CT molecular complexity index is 803. The first-order valence-corrected chi connectivity index (χ1v) is 9.46. The number of nitrogens with one attached hydrogen (secondary N) is 2. The van der Waals surface area contributed by atoms with Gasteiger partial charge >= 0.3 is 5.97 Å². The lowest BCUT2D eigenvalue weighted by molar-refractivity contribution is 0.0600. The molecule has 4 nitrogen and oxygen atoms in total. The van der Waals surface area contributed by atoms with E-state index in [4.69, 9.17) is 17.0 Å². The Labute approximate surface area is 167 Å². The van der Waals surface area contributed by atoms with Gasteiger partial charge in [0.15, 0.2) is 5.11 Å². The number of hydrogen-bond donors (Lipinski definition) is 2. The third-order valence-electron chi connectivity index (χ3n) is 4.74. The molecule has 0 aromatic heterocycles. The summed E-state index contributed by atoms with van der Waals surface area (Å²) < 4.78 is 4.82. The molecule has 2 aromatic rings. The second-order valence-electron chi connectivity index (χ2n) is 7.42. The summed E-state index contributed by atoms with van der Waals surface area (Å²) in [6.07, 6.45) is 0.931. The lowest BCUT2D eigenvalue weighted by Crippen LogP contribution is -2.39. The van der Waals surface area contributed by atoms with Gasteiger partial charge in [-0.3, -0.25) is 0 Å². The largest absolute Gasteiger partial charge is 0.465 e. The van der Waals surface area contributed by atoms with Crippen LogP contribution in [0.3, 0.4) is 0 Å². The fraction of sp³-hybridized carbons (Fsp3) is 0.364. The molecule has 0 radical (unpaired) electrons. The van der Waals surface area contributed by atoms with Crippen molar-refractivity contribution in [2.45, 2.75) is 45.6 Å². The summed E-state index contributed by atoms with van der Waals surface area (Å²) in [5.41, 5.74) is 3.47. The Hall–Kier alpha value is -2.40. The maximum Gasteiger partial charge on any atom is 0.338 e. The molecule has 144 valence electrons. The van der Waals surface area contributed by atoms with Crippen LogP contribution in [0, 0.1) is 6.92 Å². The molecule has 0 aliphatic carbocycles. The molecule has 0 saturated heterocycles. The van der Waals surface area contributed by atoms with Crippen molar-refractivity contribution in [1.82, 2.24) is 5.32 Å². The molecule has 0 fully saturated rings. The Balaban J connectivity index is 2.01. The third kappa shape index (κ3) is 5.54. The summed E-state index contributed by atoms with van der Waals surface area (Å²) in [5, 5.41) is 7.09. The van der Waals surface area contributed by atoms with Gasteiger partial charge in [-0.25, -0.2) is 4.79 Å². The van der Waals surface area contributed by atoms with Gasteiger partial charge in [-0.05, 0) is 61.2 Å². The predicted octanol–water partition coefficient (Wildman–Crippen LogP) is 4.82. The number of carbonyl (C=O) groups excluding carboxylic acids is 1. The van der Waals surface area contributed by atoms with Crippen LogP contribution in [0.5, 0.6) is 0 Å². The zero-order valence-electron chi connectivity index (χ0n) is 16.6. The summed E-state index contributed by atoms with van der Waals surface area (Å²) in [5.74, 6) is -0.354. The van der Waals surface area contributed by atoms with E-state index in [9.17, 15) is 4.79 Å². The molecule has 0 spiro atoms. The summed E-state index contributed by atoms with van der Waals surface area (Å²) in [4.78, 5) is 11.8. The first-order chi connectivity index (χ1) is 12.7. The van der Waals surface area contributed by atoms with Crippen LogP contribution in [0.4, 0.5) is 5.69 Å². The van der Waals surface area contributed by atoms with Gasteiger partial charge in [0.05, 0.1) is 12.7 Å². The van der Waals surface area contributed by atoms with Crippen LogP contribution in [-0.2, 0) is 10.2 Å². The first-order valence-electron chi connectivity index (χ1n) is 9.05. The predicted molar refractivity (Wildman–Crippen MR) is 115 cm³/mol. The van der Waals surface area contributed by atoms with Crippen molar-refractivity contribution in [3.63, 3.8) is 0 Å². The summed E-state index contributed by atoms with van der Waals surface area (Å²) in [6.45, 7) is 8.47. The lowest BCUT2D eigenvalue weighted by Gasteiger charge is -2.30. The molecular formula is C22H28N2O2S. The fourth-order valence-corrected chi connectivity index (χ4v) is 3.62. The van der Waals surface area contributed by atoms with Gasteiger partial charge in [-0.1, -0.05) is 50.2 Å². The highest BCUT2D eigenvalue weighted by Gasteiger charge is 2.23. The molecule has 0 heterocycles. The van der Waals surface area contributed by atoms with Crippen molar-refractivity contribution in [2.75, 3.05) is 12.4 Å². The van der Waals surface area contributed by atoms with Crippen LogP contribution in [0.25, 0.3) is 0 Å². The maximum absolute atomic E-state index is 11.8. The molecule has 2 N–H and O–H groups in total. The summed E-state index contributed by atoms with van der Waals surface area (Å²) in [7, 11) is 1.38. The van der Waals surface area contributed by atoms with E-state index in [1.807, 2.05) is 25.1 Å². The van der Waals surface area contributed by atoms with Crippen molar-refractivity contribution in [3.8, 4) is 0 Å². The van der Waals surface area contributed by atoms with Crippen LogP contribution < -0.4 is 10.6 Å². The van der Waals surface area contributed by atoms with Gasteiger partial charge in [0, 0.05) is 11.7 Å². The normalized spacial score (nSPS) is 12.2. The quantitative estimate of drug-likeness (QED) is 0.552. The minimum Gasteiger partial charge on any atom is -0.465 e. The lowest BCUT2D eigenvalue weighted by atomic mass is 9.79. The van der Waals surface area contributed by atoms with Crippen molar-refractivity contribution >= 4 is 29.0 Å². The Morgan fingerprint density at radius 1 is 1.15 bits per heavy atom. The second kappa shape index (κ2) is 9.00. The van der Waals surface area contributed by atoms with Gasteiger partial charge < -0.3 is 15.4 Å². The van der Waals surface area contributed by atoms with Gasteiger partial charge in [-0.2, -0.15) is 0 Å². The Morgan fingerprint density at radius 3 is 2.44 bits per heavy atom.